The summed E-state index contributed by atoms with van der Waals surface area (Å²) in [6, 6.07) is 12.3. The van der Waals surface area contributed by atoms with Gasteiger partial charge in [0.2, 0.25) is 0 Å². The maximum Gasteiger partial charge on any atom is 0.306 e. The number of anilines is 2. The molecule has 2 aromatic rings. The van der Waals surface area contributed by atoms with Gasteiger partial charge in [-0.2, -0.15) is 0 Å². The first-order valence-electron chi connectivity index (χ1n) is 9.16. The molecule has 4 rings (SSSR count). The van der Waals surface area contributed by atoms with Crippen LogP contribution in [-0.2, 0) is 14.8 Å². The molecule has 2 aliphatic heterocycles. The monoisotopic (exact) mass is 464 g/mol. The summed E-state index contributed by atoms with van der Waals surface area (Å²) in [6.07, 6.45) is 0.997. The molecule has 6 nitrogen and oxygen atoms in total. The lowest BCUT2D eigenvalue weighted by Gasteiger charge is -2.47. The summed E-state index contributed by atoms with van der Waals surface area (Å²) in [5.41, 5.74) is 2.33. The lowest BCUT2D eigenvalue weighted by atomic mass is 9.89. The Balaban J connectivity index is 1.81. The molecule has 8 heteroatoms. The maximum atomic E-state index is 13.5. The molecule has 1 saturated heterocycles. The van der Waals surface area contributed by atoms with Crippen LogP contribution in [0, 0.1) is 12.8 Å². The Bertz CT molecular complexity index is 1040. The molecule has 2 heterocycles. The summed E-state index contributed by atoms with van der Waals surface area (Å²) in [4.78, 5) is 13.9. The van der Waals surface area contributed by atoms with Gasteiger partial charge in [0, 0.05) is 17.1 Å². The van der Waals surface area contributed by atoms with Crippen LogP contribution in [0.2, 0.25) is 0 Å². The van der Waals surface area contributed by atoms with Gasteiger partial charge in [0.05, 0.1) is 28.7 Å². The summed E-state index contributed by atoms with van der Waals surface area (Å²) in [6.45, 7) is 2.71. The van der Waals surface area contributed by atoms with Crippen LogP contribution in [0.15, 0.2) is 51.8 Å². The Morgan fingerprint density at radius 3 is 2.68 bits per heavy atom. The lowest BCUT2D eigenvalue weighted by molar-refractivity contribution is -0.142. The van der Waals surface area contributed by atoms with E-state index in [2.05, 4.69) is 20.8 Å². The van der Waals surface area contributed by atoms with Crippen molar-refractivity contribution in [2.45, 2.75) is 30.7 Å². The minimum Gasteiger partial charge on any atom is -0.481 e. The number of sulfonamides is 1. The first-order chi connectivity index (χ1) is 13.3. The number of carbonyl (C=O) groups is 1. The summed E-state index contributed by atoms with van der Waals surface area (Å²) in [5.74, 6) is -1.25. The Morgan fingerprint density at radius 2 is 1.96 bits per heavy atom. The van der Waals surface area contributed by atoms with E-state index in [4.69, 9.17) is 0 Å². The number of benzene rings is 2. The third kappa shape index (κ3) is 3.28. The topological polar surface area (TPSA) is 77.9 Å². The van der Waals surface area contributed by atoms with Crippen molar-refractivity contribution < 1.29 is 18.3 Å². The number of nitrogens with zero attached hydrogens (tertiary/aromatic N) is 2. The van der Waals surface area contributed by atoms with Crippen molar-refractivity contribution in [2.24, 2.45) is 5.92 Å². The normalized spacial score (nSPS) is 21.8. The Hall–Kier alpha value is -2.06. The standard InChI is InChI=1S/C20H21BrN2O4S/c1-13-3-2-4-17(9-13)28(26,27)23-12-16-10-14(20(24)25)7-8-22(16)18-6-5-15(21)11-19(18)23/h2-6,9,11,14,16H,7-8,10,12H2,1H3,(H,24,25)/t14-,16-/m0/s1. The molecule has 0 spiro atoms. The molecule has 1 N–H and O–H groups in total. The number of piperidine rings is 1. The molecule has 2 aromatic carbocycles. The number of halogens is 1. The van der Waals surface area contributed by atoms with Crippen LogP contribution >= 0.6 is 15.9 Å². The Morgan fingerprint density at radius 1 is 1.18 bits per heavy atom. The van der Waals surface area contributed by atoms with Crippen molar-refractivity contribution in [3.8, 4) is 0 Å². The van der Waals surface area contributed by atoms with Crippen molar-refractivity contribution in [1.29, 1.82) is 0 Å². The molecular formula is C20H21BrN2O4S. The van der Waals surface area contributed by atoms with Gasteiger partial charge in [-0.1, -0.05) is 28.1 Å². The lowest BCUT2D eigenvalue weighted by Crippen LogP contribution is -2.55. The number of aryl methyl sites for hydroxylation is 1. The highest BCUT2D eigenvalue weighted by Crippen LogP contribution is 2.43. The minimum absolute atomic E-state index is 0.164. The Labute approximate surface area is 173 Å². The summed E-state index contributed by atoms with van der Waals surface area (Å²) >= 11 is 3.45. The van der Waals surface area contributed by atoms with Gasteiger partial charge in [0.25, 0.3) is 10.0 Å². The smallest absolute Gasteiger partial charge is 0.306 e. The molecule has 1 fully saturated rings. The van der Waals surface area contributed by atoms with Crippen LogP contribution in [0.4, 0.5) is 11.4 Å². The molecular weight excluding hydrogens is 444 g/mol. The van der Waals surface area contributed by atoms with E-state index in [-0.39, 0.29) is 17.5 Å². The fraction of sp³-hybridized carbons (Fsp3) is 0.350. The second-order valence-electron chi connectivity index (χ2n) is 7.39. The molecule has 2 atom stereocenters. The van der Waals surface area contributed by atoms with Crippen LogP contribution in [-0.4, -0.2) is 38.6 Å². The zero-order chi connectivity index (χ0) is 20.1. The third-order valence-corrected chi connectivity index (χ3v) is 7.80. The average Bonchev–Trinajstić information content (AvgIpc) is 2.66. The quantitative estimate of drug-likeness (QED) is 0.749. The van der Waals surface area contributed by atoms with E-state index >= 15 is 0 Å². The van der Waals surface area contributed by atoms with Gasteiger partial charge in [-0.25, -0.2) is 8.42 Å². The molecule has 0 radical (unpaired) electrons. The van der Waals surface area contributed by atoms with E-state index in [1.807, 2.05) is 31.2 Å². The highest BCUT2D eigenvalue weighted by Gasteiger charge is 2.41. The number of hydrogen-bond acceptors (Lipinski definition) is 4. The summed E-state index contributed by atoms with van der Waals surface area (Å²) in [5, 5.41) is 9.44. The van der Waals surface area contributed by atoms with Crippen LogP contribution < -0.4 is 9.21 Å². The molecule has 0 saturated carbocycles. The third-order valence-electron chi connectivity index (χ3n) is 5.53. The molecule has 0 bridgehead atoms. The maximum absolute atomic E-state index is 13.5. The number of aliphatic carboxylic acids is 1. The van der Waals surface area contributed by atoms with Crippen LogP contribution in [0.5, 0.6) is 0 Å². The summed E-state index contributed by atoms with van der Waals surface area (Å²) in [7, 11) is -3.76. The highest BCUT2D eigenvalue weighted by atomic mass is 79.9. The van der Waals surface area contributed by atoms with Crippen molar-refractivity contribution in [2.75, 3.05) is 22.3 Å². The fourth-order valence-corrected chi connectivity index (χ4v) is 6.09. The van der Waals surface area contributed by atoms with Gasteiger partial charge in [0.15, 0.2) is 0 Å². The molecule has 28 heavy (non-hydrogen) atoms. The van der Waals surface area contributed by atoms with Gasteiger partial charge >= 0.3 is 5.97 Å². The van der Waals surface area contributed by atoms with Crippen LogP contribution in [0.1, 0.15) is 18.4 Å². The largest absolute Gasteiger partial charge is 0.481 e. The molecule has 0 unspecified atom stereocenters. The number of carboxylic acids is 1. The zero-order valence-electron chi connectivity index (χ0n) is 15.4. The van der Waals surface area contributed by atoms with Gasteiger partial charge in [-0.05, 0) is 55.7 Å². The van der Waals surface area contributed by atoms with E-state index in [9.17, 15) is 18.3 Å². The van der Waals surface area contributed by atoms with Gasteiger partial charge in [-0.15, -0.1) is 0 Å². The van der Waals surface area contributed by atoms with E-state index in [1.165, 1.54) is 4.31 Å². The first-order valence-corrected chi connectivity index (χ1v) is 11.4. The second kappa shape index (κ2) is 7.08. The first kappa shape index (κ1) is 19.3. The molecule has 0 aliphatic carbocycles. The molecule has 0 amide bonds. The average molecular weight is 465 g/mol. The fourth-order valence-electron chi connectivity index (χ4n) is 4.13. The highest BCUT2D eigenvalue weighted by molar-refractivity contribution is 9.10. The second-order valence-corrected chi connectivity index (χ2v) is 10.2. The summed E-state index contributed by atoms with van der Waals surface area (Å²) < 4.78 is 29.2. The van der Waals surface area contributed by atoms with Crippen molar-refractivity contribution in [3.05, 3.63) is 52.5 Å². The van der Waals surface area contributed by atoms with E-state index in [1.54, 1.807) is 18.2 Å². The number of hydrogen-bond donors (Lipinski definition) is 1. The van der Waals surface area contributed by atoms with Crippen LogP contribution in [0.3, 0.4) is 0 Å². The van der Waals surface area contributed by atoms with Crippen molar-refractivity contribution in [1.82, 2.24) is 0 Å². The predicted octanol–water partition coefficient (Wildman–Crippen LogP) is 3.64. The van der Waals surface area contributed by atoms with Crippen molar-refractivity contribution in [3.63, 3.8) is 0 Å². The van der Waals surface area contributed by atoms with Crippen molar-refractivity contribution >= 4 is 43.3 Å². The SMILES string of the molecule is Cc1cccc(S(=O)(=O)N2C[C@@H]3C[C@@H](C(=O)O)CCN3c3ccc(Br)cc32)c1. The zero-order valence-corrected chi connectivity index (χ0v) is 17.8. The van der Waals surface area contributed by atoms with Gasteiger partial charge in [0.1, 0.15) is 0 Å². The van der Waals surface area contributed by atoms with E-state index in [0.717, 1.165) is 15.7 Å². The molecule has 148 valence electrons. The number of rotatable bonds is 3. The van der Waals surface area contributed by atoms with Gasteiger partial charge in [-0.3, -0.25) is 9.10 Å². The molecule has 0 aromatic heterocycles. The van der Waals surface area contributed by atoms with E-state index in [0.29, 0.717) is 25.1 Å². The Kier molecular flexibility index (Phi) is 4.87. The number of carboxylic acid groups (broad SMARTS) is 1. The minimum atomic E-state index is -3.76. The van der Waals surface area contributed by atoms with Crippen LogP contribution in [0.25, 0.3) is 0 Å². The predicted molar refractivity (Wildman–Crippen MR) is 111 cm³/mol. The number of fused-ring (bicyclic) bond motifs is 3. The van der Waals surface area contributed by atoms with E-state index < -0.39 is 21.9 Å². The molecule has 2 aliphatic rings. The van der Waals surface area contributed by atoms with Gasteiger partial charge < -0.3 is 10.0 Å².